The fourth-order valence-electron chi connectivity index (χ4n) is 5.18. The maximum atomic E-state index is 12.5. The van der Waals surface area contributed by atoms with E-state index in [1.807, 2.05) is 61.5 Å². The standard InChI is InChI=1S/C22H21O2P.C18H15P/c1-2-24-22(23)18-25(19-12-6-3-7-13-19,20-14-8-4-9-15-20)21-16-10-5-11-17-21;1-4-10-16(11-5-1)19(17-12-6-2-7-13-17)18-14-8-3-9-15-18/h3-18H,2H2,1H3;1-15H. The predicted molar refractivity (Wildman–Crippen MR) is 193 cm³/mol. The van der Waals surface area contributed by atoms with Gasteiger partial charge in [-0.3, -0.25) is 0 Å². The second-order valence-electron chi connectivity index (χ2n) is 9.95. The highest BCUT2D eigenvalue weighted by Crippen LogP contribution is 2.43. The minimum Gasteiger partial charge on any atom is -0.463 e. The number of carbonyl (C=O) groups is 1. The molecule has 6 aromatic carbocycles. The Balaban J connectivity index is 0.000000181. The van der Waals surface area contributed by atoms with Gasteiger partial charge < -0.3 is 4.74 Å². The highest BCUT2D eigenvalue weighted by Gasteiger charge is 2.26. The van der Waals surface area contributed by atoms with Crippen molar-refractivity contribution in [2.24, 2.45) is 0 Å². The topological polar surface area (TPSA) is 26.3 Å². The van der Waals surface area contributed by atoms with Crippen LogP contribution in [0, 0.1) is 0 Å². The summed E-state index contributed by atoms with van der Waals surface area (Å²) in [5.74, 6) is 1.53. The number of hydrogen-bond donors (Lipinski definition) is 0. The van der Waals surface area contributed by atoms with Crippen LogP contribution in [0.25, 0.3) is 0 Å². The van der Waals surface area contributed by atoms with Gasteiger partial charge in [0.15, 0.2) is 0 Å². The lowest BCUT2D eigenvalue weighted by Crippen LogP contribution is -2.29. The number of esters is 1. The predicted octanol–water partition coefficient (Wildman–Crippen LogP) is 6.79. The van der Waals surface area contributed by atoms with Gasteiger partial charge >= 0.3 is 5.97 Å². The van der Waals surface area contributed by atoms with E-state index >= 15 is 0 Å². The maximum Gasteiger partial charge on any atom is 0.331 e. The molecule has 0 amide bonds. The monoisotopic (exact) mass is 610 g/mol. The van der Waals surface area contributed by atoms with E-state index in [2.05, 4.69) is 127 Å². The molecule has 0 aliphatic rings. The number of benzene rings is 6. The third kappa shape index (κ3) is 7.53. The van der Waals surface area contributed by atoms with E-state index in [1.165, 1.54) is 15.9 Å². The van der Waals surface area contributed by atoms with Crippen LogP contribution in [0.15, 0.2) is 182 Å². The highest BCUT2D eigenvalue weighted by molar-refractivity contribution is 7.95. The molecule has 218 valence electrons. The quantitative estimate of drug-likeness (QED) is 0.140. The van der Waals surface area contributed by atoms with Crippen molar-refractivity contribution in [3.8, 4) is 0 Å². The first kappa shape index (κ1) is 31.0. The van der Waals surface area contributed by atoms with Crippen molar-refractivity contribution in [1.82, 2.24) is 0 Å². The molecule has 6 rings (SSSR count). The Hall–Kier alpha value is -4.48. The van der Waals surface area contributed by atoms with Crippen LogP contribution in [0.3, 0.4) is 0 Å². The first-order valence-corrected chi connectivity index (χ1v) is 18.0. The van der Waals surface area contributed by atoms with Crippen LogP contribution in [-0.2, 0) is 9.53 Å². The zero-order valence-corrected chi connectivity index (χ0v) is 26.6. The smallest absolute Gasteiger partial charge is 0.331 e. The molecule has 6 aromatic rings. The second-order valence-corrected chi connectivity index (χ2v) is 15.4. The molecule has 0 unspecified atom stereocenters. The van der Waals surface area contributed by atoms with Gasteiger partial charge in [-0.2, -0.15) is 0 Å². The summed E-state index contributed by atoms with van der Waals surface area (Å²) < 4.78 is 5.30. The molecule has 44 heavy (non-hydrogen) atoms. The van der Waals surface area contributed by atoms with Gasteiger partial charge in [-0.25, -0.2) is 4.79 Å². The molecular formula is C40H36O2P2. The van der Waals surface area contributed by atoms with E-state index < -0.39 is 14.8 Å². The van der Waals surface area contributed by atoms with Gasteiger partial charge in [-0.05, 0) is 53.6 Å². The molecule has 0 aliphatic heterocycles. The molecule has 0 saturated carbocycles. The van der Waals surface area contributed by atoms with E-state index in [0.29, 0.717) is 6.61 Å². The van der Waals surface area contributed by atoms with Crippen LogP contribution in [0.4, 0.5) is 0 Å². The average Bonchev–Trinajstić information content (AvgIpc) is 3.10. The van der Waals surface area contributed by atoms with Crippen molar-refractivity contribution in [3.05, 3.63) is 182 Å². The molecule has 0 spiro atoms. The van der Waals surface area contributed by atoms with Crippen LogP contribution in [0.2, 0.25) is 0 Å². The SMILES string of the molecule is CCOC(=O)C=P(c1ccccc1)(c1ccccc1)c1ccccc1.c1ccc(P(c2ccccc2)c2ccccc2)cc1. The molecule has 0 heterocycles. The summed E-state index contributed by atoms with van der Waals surface area (Å²) in [6.45, 7) is -0.0371. The molecule has 2 nitrogen and oxygen atoms in total. The van der Waals surface area contributed by atoms with Crippen LogP contribution in [0.5, 0.6) is 0 Å². The fraction of sp³-hybridized carbons (Fsp3) is 0.0500. The maximum absolute atomic E-state index is 12.5. The van der Waals surface area contributed by atoms with E-state index in [9.17, 15) is 4.79 Å². The van der Waals surface area contributed by atoms with Crippen molar-refractivity contribution in [1.29, 1.82) is 0 Å². The first-order valence-electron chi connectivity index (χ1n) is 14.8. The number of ether oxygens (including phenoxy) is 1. The molecule has 0 radical (unpaired) electrons. The Kier molecular flexibility index (Phi) is 11.1. The van der Waals surface area contributed by atoms with E-state index in [-0.39, 0.29) is 5.97 Å². The van der Waals surface area contributed by atoms with Crippen LogP contribution in [-0.4, -0.2) is 18.4 Å². The molecule has 0 N–H and O–H groups in total. The Morgan fingerprint density at radius 3 is 1.05 bits per heavy atom. The molecule has 0 atom stereocenters. The molecule has 0 aliphatic carbocycles. The first-order chi connectivity index (χ1) is 21.7. The van der Waals surface area contributed by atoms with Crippen molar-refractivity contribution >= 4 is 58.4 Å². The van der Waals surface area contributed by atoms with Crippen molar-refractivity contribution in [3.63, 3.8) is 0 Å². The van der Waals surface area contributed by atoms with Gasteiger partial charge in [-0.1, -0.05) is 182 Å². The van der Waals surface area contributed by atoms with Gasteiger partial charge in [0.2, 0.25) is 0 Å². The molecule has 0 bridgehead atoms. The largest absolute Gasteiger partial charge is 0.463 e. The third-order valence-electron chi connectivity index (χ3n) is 7.12. The van der Waals surface area contributed by atoms with Gasteiger partial charge in [-0.15, -0.1) is 0 Å². The molecule has 4 heteroatoms. The van der Waals surface area contributed by atoms with Gasteiger partial charge in [0.1, 0.15) is 0 Å². The highest BCUT2D eigenvalue weighted by atomic mass is 31.2. The summed E-state index contributed by atoms with van der Waals surface area (Å²) in [4.78, 5) is 12.5. The lowest BCUT2D eigenvalue weighted by atomic mass is 10.4. The second kappa shape index (κ2) is 15.8. The summed E-state index contributed by atoms with van der Waals surface area (Å²) in [7, 11) is -0.446. The van der Waals surface area contributed by atoms with Crippen molar-refractivity contribution < 1.29 is 9.53 Å². The van der Waals surface area contributed by atoms with Crippen molar-refractivity contribution in [2.75, 3.05) is 6.61 Å². The Morgan fingerprint density at radius 1 is 0.500 bits per heavy atom. The zero-order chi connectivity index (χ0) is 30.5. The number of rotatable bonds is 8. The summed E-state index contributed by atoms with van der Waals surface area (Å²) in [5.41, 5.74) is 0. The summed E-state index contributed by atoms with van der Waals surface area (Å²) >= 11 is 0. The minimum atomic E-state index is -2.24. The Labute approximate surface area is 262 Å². The van der Waals surface area contributed by atoms with Crippen LogP contribution >= 0.6 is 14.8 Å². The molecule has 0 aromatic heterocycles. The summed E-state index contributed by atoms with van der Waals surface area (Å²) in [6, 6.07) is 63.1. The number of carbonyl (C=O) groups excluding carboxylic acids is 1. The zero-order valence-electron chi connectivity index (χ0n) is 24.8. The summed E-state index contributed by atoms with van der Waals surface area (Å²) in [5, 5.41) is 7.61. The summed E-state index contributed by atoms with van der Waals surface area (Å²) in [6.07, 6.45) is 0. The lowest BCUT2D eigenvalue weighted by molar-refractivity contribution is -0.134. The molecule has 0 saturated heterocycles. The average molecular weight is 611 g/mol. The van der Waals surface area contributed by atoms with Gasteiger partial charge in [0, 0.05) is 5.80 Å². The Bertz CT molecular complexity index is 1560. The molecular weight excluding hydrogens is 574 g/mol. The Morgan fingerprint density at radius 2 is 0.773 bits per heavy atom. The van der Waals surface area contributed by atoms with Gasteiger partial charge in [0.05, 0.1) is 6.61 Å². The normalized spacial score (nSPS) is 10.8. The third-order valence-corrected chi connectivity index (χ3v) is 13.5. The van der Waals surface area contributed by atoms with Crippen LogP contribution < -0.4 is 31.8 Å². The van der Waals surface area contributed by atoms with Crippen LogP contribution in [0.1, 0.15) is 6.92 Å². The fourth-order valence-corrected chi connectivity index (χ4v) is 11.1. The molecule has 0 fully saturated rings. The van der Waals surface area contributed by atoms with E-state index in [0.717, 1.165) is 15.9 Å². The van der Waals surface area contributed by atoms with E-state index in [1.54, 1.807) is 5.80 Å². The lowest BCUT2D eigenvalue weighted by Gasteiger charge is -2.28. The number of hydrogen-bond acceptors (Lipinski definition) is 2. The van der Waals surface area contributed by atoms with E-state index in [4.69, 9.17) is 4.74 Å². The minimum absolute atomic E-state index is 0.271. The van der Waals surface area contributed by atoms with Crippen molar-refractivity contribution in [2.45, 2.75) is 6.92 Å². The van der Waals surface area contributed by atoms with Gasteiger partial charge in [0.25, 0.3) is 0 Å².